The van der Waals surface area contributed by atoms with E-state index in [0.717, 1.165) is 11.1 Å². The molecule has 0 bridgehead atoms. The second-order valence-corrected chi connectivity index (χ2v) is 5.89. The Hall–Kier alpha value is -2.17. The van der Waals surface area contributed by atoms with Crippen molar-refractivity contribution >= 4 is 5.97 Å². The first-order valence-electron chi connectivity index (χ1n) is 8.14. The minimum Gasteiger partial charge on any atom is -0.460 e. The number of hydrogen-bond donors (Lipinski definition) is 1. The number of hydrogen-bond acceptors (Lipinski definition) is 4. The molecule has 0 aliphatic rings. The normalized spacial score (nSPS) is 13.5. The van der Waals surface area contributed by atoms with Gasteiger partial charge in [-0.15, -0.1) is 0 Å². The predicted molar refractivity (Wildman–Crippen MR) is 92.8 cm³/mol. The molecule has 0 saturated carbocycles. The van der Waals surface area contributed by atoms with Gasteiger partial charge in [0, 0.05) is 0 Å². The van der Waals surface area contributed by atoms with Crippen molar-refractivity contribution in [2.45, 2.75) is 32.0 Å². The number of aliphatic hydroxyl groups is 1. The lowest BCUT2D eigenvalue weighted by Crippen LogP contribution is -2.26. The highest BCUT2D eigenvalue weighted by Gasteiger charge is 2.25. The summed E-state index contributed by atoms with van der Waals surface area (Å²) in [5, 5.41) is 9.20. The van der Waals surface area contributed by atoms with Crippen LogP contribution < -0.4 is 0 Å². The van der Waals surface area contributed by atoms with Crippen molar-refractivity contribution in [3.8, 4) is 0 Å². The van der Waals surface area contributed by atoms with Gasteiger partial charge < -0.3 is 14.6 Å². The number of rotatable bonds is 8. The van der Waals surface area contributed by atoms with Crippen molar-refractivity contribution in [2.75, 3.05) is 13.2 Å². The summed E-state index contributed by atoms with van der Waals surface area (Å²) < 4.78 is 10.9. The van der Waals surface area contributed by atoms with Crippen LogP contribution in [0.1, 0.15) is 30.9 Å². The van der Waals surface area contributed by atoms with Crippen molar-refractivity contribution in [1.29, 1.82) is 0 Å². The lowest BCUT2D eigenvalue weighted by atomic mass is 9.91. The molecule has 0 amide bonds. The van der Waals surface area contributed by atoms with Crippen molar-refractivity contribution in [1.82, 2.24) is 0 Å². The zero-order chi connectivity index (χ0) is 17.4. The van der Waals surface area contributed by atoms with E-state index < -0.39 is 12.0 Å². The fourth-order valence-corrected chi connectivity index (χ4v) is 2.46. The Kier molecular flexibility index (Phi) is 6.97. The Morgan fingerprint density at radius 2 is 1.42 bits per heavy atom. The first-order chi connectivity index (χ1) is 11.6. The van der Waals surface area contributed by atoms with Crippen molar-refractivity contribution < 1.29 is 19.4 Å². The Bertz CT molecular complexity index is 571. The third kappa shape index (κ3) is 5.48. The molecule has 1 N–H and O–H groups in total. The molecule has 0 aliphatic carbocycles. The van der Waals surface area contributed by atoms with Gasteiger partial charge in [0.1, 0.15) is 12.0 Å². The number of ether oxygens (including phenoxy) is 2. The van der Waals surface area contributed by atoms with E-state index in [2.05, 4.69) is 0 Å². The van der Waals surface area contributed by atoms with Crippen LogP contribution >= 0.6 is 0 Å². The van der Waals surface area contributed by atoms with Gasteiger partial charge in [-0.25, -0.2) is 0 Å². The second-order valence-electron chi connectivity index (χ2n) is 5.89. The van der Waals surface area contributed by atoms with Gasteiger partial charge in [0.05, 0.1) is 19.3 Å². The summed E-state index contributed by atoms with van der Waals surface area (Å²) in [6.07, 6.45) is -0.916. The van der Waals surface area contributed by atoms with E-state index in [1.54, 1.807) is 13.8 Å². The fraction of sp³-hybridized carbons (Fsp3) is 0.350. The maximum absolute atomic E-state index is 12.7. The van der Waals surface area contributed by atoms with Gasteiger partial charge in [0.25, 0.3) is 0 Å². The minimum atomic E-state index is -0.533. The van der Waals surface area contributed by atoms with E-state index >= 15 is 0 Å². The molecule has 24 heavy (non-hydrogen) atoms. The average molecular weight is 328 g/mol. The summed E-state index contributed by atoms with van der Waals surface area (Å²) in [5.41, 5.74) is 1.79. The first kappa shape index (κ1) is 18.2. The highest BCUT2D eigenvalue weighted by Crippen LogP contribution is 2.26. The van der Waals surface area contributed by atoms with Crippen LogP contribution in [0.15, 0.2) is 60.7 Å². The summed E-state index contributed by atoms with van der Waals surface area (Å²) in [4.78, 5) is 12.7. The van der Waals surface area contributed by atoms with Gasteiger partial charge in [-0.05, 0) is 25.0 Å². The smallest absolute Gasteiger partial charge is 0.318 e. The van der Waals surface area contributed by atoms with Gasteiger partial charge >= 0.3 is 5.97 Å². The monoisotopic (exact) mass is 328 g/mol. The summed E-state index contributed by atoms with van der Waals surface area (Å²) in [7, 11) is 0. The molecule has 4 heteroatoms. The van der Waals surface area contributed by atoms with E-state index in [-0.39, 0.29) is 25.3 Å². The molecule has 0 aliphatic heterocycles. The van der Waals surface area contributed by atoms with Gasteiger partial charge in [-0.2, -0.15) is 0 Å². The van der Waals surface area contributed by atoms with Crippen molar-refractivity contribution in [3.63, 3.8) is 0 Å². The summed E-state index contributed by atoms with van der Waals surface area (Å²) in [6, 6.07) is 19.2. The van der Waals surface area contributed by atoms with E-state index in [0.29, 0.717) is 0 Å². The van der Waals surface area contributed by atoms with Crippen LogP contribution in [0.3, 0.4) is 0 Å². The molecule has 2 unspecified atom stereocenters. The second kappa shape index (κ2) is 9.21. The zero-order valence-corrected chi connectivity index (χ0v) is 14.1. The lowest BCUT2D eigenvalue weighted by molar-refractivity contribution is -0.152. The van der Waals surface area contributed by atoms with Crippen LogP contribution in [0.4, 0.5) is 0 Å². The molecule has 0 aromatic heterocycles. The number of benzene rings is 2. The summed E-state index contributed by atoms with van der Waals surface area (Å²) in [6.45, 7) is 3.92. The van der Waals surface area contributed by atoms with E-state index in [1.165, 1.54) is 0 Å². The number of carbonyl (C=O) groups is 1. The third-order valence-electron chi connectivity index (χ3n) is 3.53. The standard InChI is InChI=1S/C20H24O4/c1-15(21)13-23-14-16(2)24-20(22)19(17-9-5-3-6-10-17)18-11-7-4-8-12-18/h3-12,15-16,19,21H,13-14H2,1-2H3. The Labute approximate surface area is 143 Å². The van der Waals surface area contributed by atoms with Crippen LogP contribution in [-0.4, -0.2) is 36.5 Å². The van der Waals surface area contributed by atoms with E-state index in [1.807, 2.05) is 60.7 Å². The van der Waals surface area contributed by atoms with Crippen LogP contribution in [0.2, 0.25) is 0 Å². The molecule has 0 radical (unpaired) electrons. The van der Waals surface area contributed by atoms with Gasteiger partial charge in [-0.3, -0.25) is 4.79 Å². The Morgan fingerprint density at radius 3 is 1.88 bits per heavy atom. The zero-order valence-electron chi connectivity index (χ0n) is 14.1. The highest BCUT2D eigenvalue weighted by atomic mass is 16.6. The molecular formula is C20H24O4. The number of aliphatic hydroxyl groups excluding tert-OH is 1. The molecule has 0 fully saturated rings. The van der Waals surface area contributed by atoms with E-state index in [4.69, 9.17) is 9.47 Å². The molecule has 2 aromatic carbocycles. The van der Waals surface area contributed by atoms with Crippen molar-refractivity contribution in [2.24, 2.45) is 0 Å². The van der Waals surface area contributed by atoms with Crippen LogP contribution in [0.25, 0.3) is 0 Å². The van der Waals surface area contributed by atoms with Gasteiger partial charge in [0.15, 0.2) is 0 Å². The molecular weight excluding hydrogens is 304 g/mol. The Balaban J connectivity index is 2.08. The molecule has 2 rings (SSSR count). The van der Waals surface area contributed by atoms with E-state index in [9.17, 15) is 9.90 Å². The SMILES string of the molecule is CC(O)COCC(C)OC(=O)C(c1ccccc1)c1ccccc1. The van der Waals surface area contributed by atoms with Crippen molar-refractivity contribution in [3.05, 3.63) is 71.8 Å². The first-order valence-corrected chi connectivity index (χ1v) is 8.14. The topological polar surface area (TPSA) is 55.8 Å². The molecule has 128 valence electrons. The third-order valence-corrected chi connectivity index (χ3v) is 3.53. The van der Waals surface area contributed by atoms with Gasteiger partial charge in [0.2, 0.25) is 0 Å². The predicted octanol–water partition coefficient (Wildman–Crippen LogP) is 3.15. The quantitative estimate of drug-likeness (QED) is 0.756. The van der Waals surface area contributed by atoms with Crippen LogP contribution in [0, 0.1) is 0 Å². The maximum Gasteiger partial charge on any atom is 0.318 e. The molecule has 2 aromatic rings. The van der Waals surface area contributed by atoms with Gasteiger partial charge in [-0.1, -0.05) is 60.7 Å². The highest BCUT2D eigenvalue weighted by molar-refractivity contribution is 5.82. The molecule has 0 heterocycles. The number of esters is 1. The summed E-state index contributed by atoms with van der Waals surface area (Å²) >= 11 is 0. The fourth-order valence-electron chi connectivity index (χ4n) is 2.46. The van der Waals surface area contributed by atoms with Crippen LogP contribution in [-0.2, 0) is 14.3 Å². The number of carbonyl (C=O) groups excluding carboxylic acids is 1. The minimum absolute atomic E-state index is 0.225. The Morgan fingerprint density at radius 1 is 0.917 bits per heavy atom. The largest absolute Gasteiger partial charge is 0.460 e. The lowest BCUT2D eigenvalue weighted by Gasteiger charge is -2.20. The molecule has 4 nitrogen and oxygen atoms in total. The molecule has 2 atom stereocenters. The maximum atomic E-state index is 12.7. The molecule has 0 spiro atoms. The molecule has 0 saturated heterocycles. The summed E-state index contributed by atoms with van der Waals surface area (Å²) in [5.74, 6) is -0.771. The average Bonchev–Trinajstić information content (AvgIpc) is 2.56. The van der Waals surface area contributed by atoms with Crippen LogP contribution in [0.5, 0.6) is 0 Å².